The molecule has 11 aromatic rings. The molecular formula is C50H31NO2. The summed E-state index contributed by atoms with van der Waals surface area (Å²) >= 11 is 0. The molecule has 3 nitrogen and oxygen atoms in total. The zero-order valence-electron chi connectivity index (χ0n) is 28.7. The van der Waals surface area contributed by atoms with Gasteiger partial charge in [0.2, 0.25) is 0 Å². The Labute approximate surface area is 305 Å². The van der Waals surface area contributed by atoms with Crippen LogP contribution < -0.4 is 4.90 Å². The highest BCUT2D eigenvalue weighted by atomic mass is 16.3. The minimum absolute atomic E-state index is 0.868. The number of para-hydroxylation sites is 2. The van der Waals surface area contributed by atoms with Crippen molar-refractivity contribution in [3.8, 4) is 22.3 Å². The van der Waals surface area contributed by atoms with Crippen molar-refractivity contribution in [3.05, 3.63) is 188 Å². The lowest BCUT2D eigenvalue weighted by atomic mass is 9.97. The topological polar surface area (TPSA) is 29.5 Å². The fourth-order valence-corrected chi connectivity index (χ4v) is 8.18. The van der Waals surface area contributed by atoms with E-state index in [0.717, 1.165) is 83.2 Å². The summed E-state index contributed by atoms with van der Waals surface area (Å²) in [5.41, 5.74) is 11.3. The first-order valence-corrected chi connectivity index (χ1v) is 18.0. The number of hydrogen-bond donors (Lipinski definition) is 0. The van der Waals surface area contributed by atoms with E-state index in [1.165, 1.54) is 21.5 Å². The SMILES string of the molecule is c1ccc(-c2ccc(N(c3ccc(-c4ccc5oc6ccccc6c5c4)cc3)c3cccc4ccc5ccccc5c34)c3c2oc2ccccc23)cc1. The lowest BCUT2D eigenvalue weighted by molar-refractivity contribution is 0.669. The standard InChI is InChI=1S/C50H31NO2/c1-2-11-33(12-3-1)39-28-29-44(49-41-17-7-9-20-46(41)53-50(39)49)51(43-18-10-14-35-22-21-34-13-4-5-15-38(34)48(35)43)37-26-23-32(24-27-37)36-25-30-47-42(31-36)40-16-6-8-19-45(40)52-47/h1-31H. The Morgan fingerprint density at radius 1 is 0.340 bits per heavy atom. The van der Waals surface area contributed by atoms with Crippen molar-refractivity contribution in [2.45, 2.75) is 0 Å². The van der Waals surface area contributed by atoms with Gasteiger partial charge in [0.1, 0.15) is 22.3 Å². The molecule has 0 atom stereocenters. The number of nitrogens with zero attached hydrogens (tertiary/aromatic N) is 1. The van der Waals surface area contributed by atoms with Crippen LogP contribution in [0.15, 0.2) is 197 Å². The van der Waals surface area contributed by atoms with E-state index in [1.54, 1.807) is 0 Å². The van der Waals surface area contributed by atoms with Crippen molar-refractivity contribution in [1.29, 1.82) is 0 Å². The summed E-state index contributed by atoms with van der Waals surface area (Å²) in [5.74, 6) is 0. The maximum absolute atomic E-state index is 6.76. The predicted molar refractivity (Wildman–Crippen MR) is 222 cm³/mol. The van der Waals surface area contributed by atoms with Crippen LogP contribution in [0.25, 0.3) is 87.7 Å². The lowest BCUT2D eigenvalue weighted by Crippen LogP contribution is -2.11. The Morgan fingerprint density at radius 3 is 1.83 bits per heavy atom. The van der Waals surface area contributed by atoms with Crippen molar-refractivity contribution in [2.24, 2.45) is 0 Å². The van der Waals surface area contributed by atoms with Crippen LogP contribution in [0.1, 0.15) is 0 Å². The maximum atomic E-state index is 6.76. The first-order chi connectivity index (χ1) is 26.3. The molecule has 11 rings (SSSR count). The molecule has 248 valence electrons. The van der Waals surface area contributed by atoms with Crippen molar-refractivity contribution >= 4 is 82.5 Å². The fourth-order valence-electron chi connectivity index (χ4n) is 8.18. The van der Waals surface area contributed by atoms with E-state index in [0.29, 0.717) is 0 Å². The molecule has 0 fully saturated rings. The van der Waals surface area contributed by atoms with Gasteiger partial charge in [-0.15, -0.1) is 0 Å². The van der Waals surface area contributed by atoms with E-state index < -0.39 is 0 Å². The van der Waals surface area contributed by atoms with E-state index in [2.05, 4.69) is 175 Å². The zero-order chi connectivity index (χ0) is 34.9. The van der Waals surface area contributed by atoms with E-state index in [1.807, 2.05) is 18.2 Å². The summed E-state index contributed by atoms with van der Waals surface area (Å²) in [6.45, 7) is 0. The smallest absolute Gasteiger partial charge is 0.145 e. The van der Waals surface area contributed by atoms with Gasteiger partial charge >= 0.3 is 0 Å². The number of furan rings is 2. The summed E-state index contributed by atoms with van der Waals surface area (Å²) in [7, 11) is 0. The molecule has 0 radical (unpaired) electrons. The van der Waals surface area contributed by atoms with E-state index in [4.69, 9.17) is 8.83 Å². The van der Waals surface area contributed by atoms with Gasteiger partial charge in [-0.2, -0.15) is 0 Å². The lowest BCUT2D eigenvalue weighted by Gasteiger charge is -2.28. The van der Waals surface area contributed by atoms with Gasteiger partial charge in [-0.05, 0) is 87.4 Å². The minimum atomic E-state index is 0.868. The summed E-state index contributed by atoms with van der Waals surface area (Å²) in [6.07, 6.45) is 0. The molecule has 0 amide bonds. The molecule has 2 heterocycles. The highest BCUT2D eigenvalue weighted by molar-refractivity contribution is 6.20. The third-order valence-electron chi connectivity index (χ3n) is 10.7. The Balaban J connectivity index is 1.17. The molecule has 0 aliphatic heterocycles. The fraction of sp³-hybridized carbons (Fsp3) is 0. The molecule has 0 saturated carbocycles. The van der Waals surface area contributed by atoms with E-state index in [9.17, 15) is 0 Å². The molecule has 3 heteroatoms. The first kappa shape index (κ1) is 29.6. The second-order valence-corrected chi connectivity index (χ2v) is 13.7. The molecule has 0 N–H and O–H groups in total. The van der Waals surface area contributed by atoms with Gasteiger partial charge in [0.25, 0.3) is 0 Å². The van der Waals surface area contributed by atoms with Crippen LogP contribution in [-0.2, 0) is 0 Å². The molecule has 0 spiro atoms. The largest absolute Gasteiger partial charge is 0.456 e. The van der Waals surface area contributed by atoms with Crippen molar-refractivity contribution < 1.29 is 8.83 Å². The zero-order valence-corrected chi connectivity index (χ0v) is 28.7. The van der Waals surface area contributed by atoms with Gasteiger partial charge in [0.05, 0.1) is 16.8 Å². The first-order valence-electron chi connectivity index (χ1n) is 18.0. The van der Waals surface area contributed by atoms with Crippen LogP contribution >= 0.6 is 0 Å². The third-order valence-corrected chi connectivity index (χ3v) is 10.7. The van der Waals surface area contributed by atoms with Crippen LogP contribution in [0.4, 0.5) is 17.1 Å². The van der Waals surface area contributed by atoms with Gasteiger partial charge < -0.3 is 13.7 Å². The van der Waals surface area contributed by atoms with Crippen LogP contribution in [-0.4, -0.2) is 0 Å². The van der Waals surface area contributed by atoms with E-state index >= 15 is 0 Å². The molecule has 0 saturated heterocycles. The van der Waals surface area contributed by atoms with Gasteiger partial charge in [-0.3, -0.25) is 0 Å². The van der Waals surface area contributed by atoms with Gasteiger partial charge in [-0.1, -0.05) is 133 Å². The van der Waals surface area contributed by atoms with Crippen LogP contribution in [0.3, 0.4) is 0 Å². The quantitative estimate of drug-likeness (QED) is 0.170. The molecule has 2 aromatic heterocycles. The summed E-state index contributed by atoms with van der Waals surface area (Å²) in [5, 5.41) is 9.26. The maximum Gasteiger partial charge on any atom is 0.145 e. The second kappa shape index (κ2) is 11.7. The van der Waals surface area contributed by atoms with Crippen molar-refractivity contribution in [1.82, 2.24) is 0 Å². The molecule has 0 aliphatic carbocycles. The van der Waals surface area contributed by atoms with Crippen LogP contribution in [0, 0.1) is 0 Å². The Kier molecular flexibility index (Phi) is 6.55. The summed E-state index contributed by atoms with van der Waals surface area (Å²) < 4.78 is 12.9. The van der Waals surface area contributed by atoms with E-state index in [-0.39, 0.29) is 0 Å². The molecule has 0 unspecified atom stereocenters. The Bertz CT molecular complexity index is 3170. The number of anilines is 3. The van der Waals surface area contributed by atoms with Gasteiger partial charge in [-0.25, -0.2) is 0 Å². The molecule has 0 aliphatic rings. The summed E-state index contributed by atoms with van der Waals surface area (Å²) in [4.78, 5) is 2.42. The number of hydrogen-bond acceptors (Lipinski definition) is 3. The molecule has 0 bridgehead atoms. The molecule has 9 aromatic carbocycles. The van der Waals surface area contributed by atoms with Crippen molar-refractivity contribution in [2.75, 3.05) is 4.90 Å². The number of fused-ring (bicyclic) bond motifs is 9. The number of benzene rings is 9. The van der Waals surface area contributed by atoms with Crippen LogP contribution in [0.2, 0.25) is 0 Å². The summed E-state index contributed by atoms with van der Waals surface area (Å²) in [6, 6.07) is 66.8. The molecular weight excluding hydrogens is 647 g/mol. The minimum Gasteiger partial charge on any atom is -0.456 e. The number of rotatable bonds is 5. The van der Waals surface area contributed by atoms with Crippen LogP contribution in [0.5, 0.6) is 0 Å². The molecule has 53 heavy (non-hydrogen) atoms. The third kappa shape index (κ3) is 4.68. The average Bonchev–Trinajstić information content (AvgIpc) is 3.80. The Morgan fingerprint density at radius 2 is 0.981 bits per heavy atom. The normalized spacial score (nSPS) is 11.8. The second-order valence-electron chi connectivity index (χ2n) is 13.7. The van der Waals surface area contributed by atoms with Gasteiger partial charge in [0.15, 0.2) is 0 Å². The average molecular weight is 678 g/mol. The Hall–Kier alpha value is -7.10. The monoisotopic (exact) mass is 677 g/mol. The predicted octanol–water partition coefficient (Wildman–Crippen LogP) is 14.6. The van der Waals surface area contributed by atoms with Gasteiger partial charge in [0, 0.05) is 32.8 Å². The highest BCUT2D eigenvalue weighted by Crippen LogP contribution is 2.48. The highest BCUT2D eigenvalue weighted by Gasteiger charge is 2.24. The van der Waals surface area contributed by atoms with Crippen molar-refractivity contribution in [3.63, 3.8) is 0 Å².